The highest BCUT2D eigenvalue weighted by Crippen LogP contribution is 2.41. The first-order chi connectivity index (χ1) is 16.1. The Hall–Kier alpha value is -2.97. The number of urea groups is 1. The number of benzene rings is 2. The molecule has 0 spiro atoms. The van der Waals surface area contributed by atoms with Gasteiger partial charge in [-0.25, -0.2) is 4.79 Å². The summed E-state index contributed by atoms with van der Waals surface area (Å²) >= 11 is 6.18. The van der Waals surface area contributed by atoms with Crippen LogP contribution in [-0.4, -0.2) is 57.2 Å². The van der Waals surface area contributed by atoms with Crippen LogP contribution >= 0.6 is 11.6 Å². The Balaban J connectivity index is 1.22. The van der Waals surface area contributed by atoms with Crippen LogP contribution in [0.4, 0.5) is 10.5 Å². The molecule has 172 valence electrons. The van der Waals surface area contributed by atoms with Gasteiger partial charge >= 0.3 is 6.03 Å². The molecule has 9 heteroatoms. The zero-order valence-electron chi connectivity index (χ0n) is 18.5. The highest BCUT2D eigenvalue weighted by atomic mass is 35.5. The number of hydrogen-bond acceptors (Lipinski definition) is 5. The van der Waals surface area contributed by atoms with Crippen molar-refractivity contribution in [1.82, 2.24) is 25.5 Å². The van der Waals surface area contributed by atoms with Crippen molar-refractivity contribution in [2.45, 2.75) is 38.1 Å². The van der Waals surface area contributed by atoms with E-state index in [0.29, 0.717) is 18.9 Å². The molecule has 1 saturated carbocycles. The van der Waals surface area contributed by atoms with Crippen LogP contribution in [0.25, 0.3) is 11.4 Å². The summed E-state index contributed by atoms with van der Waals surface area (Å²) in [7, 11) is 0. The molecule has 3 N–H and O–H groups in total. The van der Waals surface area contributed by atoms with E-state index in [4.69, 9.17) is 17.3 Å². The third-order valence-electron chi connectivity index (χ3n) is 7.18. The Labute approximate surface area is 198 Å². The average Bonchev–Trinajstić information content (AvgIpc) is 3.50. The SMILES string of the molecule is NCC1(Cc2cccc(Cl)c2)CCC(N2CCN(c3ccc(-c4nn[nH]n4)cc3)C2=O)CC1. The number of aromatic amines is 1. The van der Waals surface area contributed by atoms with Crippen molar-refractivity contribution in [2.24, 2.45) is 11.1 Å². The first kappa shape index (κ1) is 21.9. The Morgan fingerprint density at radius 3 is 2.58 bits per heavy atom. The van der Waals surface area contributed by atoms with Gasteiger partial charge in [0.15, 0.2) is 0 Å². The Morgan fingerprint density at radius 2 is 1.91 bits per heavy atom. The van der Waals surface area contributed by atoms with Crippen molar-refractivity contribution in [3.8, 4) is 11.4 Å². The Morgan fingerprint density at radius 1 is 1.12 bits per heavy atom. The third-order valence-corrected chi connectivity index (χ3v) is 7.42. The normalized spacial score (nSPS) is 23.3. The number of carbonyl (C=O) groups excluding carboxylic acids is 1. The lowest BCUT2D eigenvalue weighted by Gasteiger charge is -2.42. The molecule has 1 aliphatic carbocycles. The van der Waals surface area contributed by atoms with Crippen molar-refractivity contribution in [1.29, 1.82) is 0 Å². The van der Waals surface area contributed by atoms with Crippen LogP contribution in [0.5, 0.6) is 0 Å². The number of anilines is 1. The smallest absolute Gasteiger partial charge is 0.324 e. The number of rotatable bonds is 6. The van der Waals surface area contributed by atoms with E-state index in [-0.39, 0.29) is 17.5 Å². The van der Waals surface area contributed by atoms with Crippen molar-refractivity contribution in [3.63, 3.8) is 0 Å². The van der Waals surface area contributed by atoms with E-state index in [1.807, 2.05) is 52.3 Å². The number of tetrazole rings is 1. The predicted octanol–water partition coefficient (Wildman–Crippen LogP) is 3.89. The lowest BCUT2D eigenvalue weighted by molar-refractivity contribution is 0.119. The van der Waals surface area contributed by atoms with Crippen molar-refractivity contribution >= 4 is 23.3 Å². The predicted molar refractivity (Wildman–Crippen MR) is 128 cm³/mol. The second-order valence-corrected chi connectivity index (χ2v) is 9.59. The maximum atomic E-state index is 13.3. The van der Waals surface area contributed by atoms with E-state index >= 15 is 0 Å². The molecule has 5 rings (SSSR count). The van der Waals surface area contributed by atoms with E-state index in [2.05, 4.69) is 26.7 Å². The van der Waals surface area contributed by atoms with Crippen LogP contribution in [-0.2, 0) is 6.42 Å². The minimum Gasteiger partial charge on any atom is -0.330 e. The fraction of sp³-hybridized carbons (Fsp3) is 0.417. The maximum Gasteiger partial charge on any atom is 0.324 e. The van der Waals surface area contributed by atoms with Crippen molar-refractivity contribution in [2.75, 3.05) is 24.5 Å². The van der Waals surface area contributed by atoms with Crippen LogP contribution in [0.15, 0.2) is 48.5 Å². The summed E-state index contributed by atoms with van der Waals surface area (Å²) in [6.45, 7) is 2.10. The maximum absolute atomic E-state index is 13.3. The molecule has 2 heterocycles. The summed E-state index contributed by atoms with van der Waals surface area (Å²) in [4.78, 5) is 17.2. The summed E-state index contributed by atoms with van der Waals surface area (Å²) in [6, 6.07) is 16.1. The number of carbonyl (C=O) groups is 1. The van der Waals surface area contributed by atoms with E-state index in [9.17, 15) is 4.79 Å². The van der Waals surface area contributed by atoms with Crippen LogP contribution in [0.1, 0.15) is 31.2 Å². The largest absolute Gasteiger partial charge is 0.330 e. The molecule has 0 bridgehead atoms. The van der Waals surface area contributed by atoms with Gasteiger partial charge in [-0.05, 0) is 91.2 Å². The molecular weight excluding hydrogens is 438 g/mol. The second-order valence-electron chi connectivity index (χ2n) is 9.15. The highest BCUT2D eigenvalue weighted by molar-refractivity contribution is 6.30. The third kappa shape index (κ3) is 4.45. The van der Waals surface area contributed by atoms with Gasteiger partial charge in [-0.2, -0.15) is 5.21 Å². The fourth-order valence-electron chi connectivity index (χ4n) is 5.27. The standard InChI is InChI=1S/C24H28ClN7O/c25-19-3-1-2-17(14-19)15-24(16-26)10-8-21(9-11-24)32-13-12-31(23(32)33)20-6-4-18(5-7-20)22-27-29-30-28-22/h1-7,14,21H,8-13,15-16,26H2,(H,27,28,29,30). The lowest BCUT2D eigenvalue weighted by atomic mass is 9.69. The zero-order chi connectivity index (χ0) is 22.8. The Kier molecular flexibility index (Phi) is 6.03. The van der Waals surface area contributed by atoms with Gasteiger partial charge in [0, 0.05) is 35.4 Å². The number of halogens is 1. The van der Waals surface area contributed by atoms with E-state index < -0.39 is 0 Å². The number of nitrogens with zero attached hydrogens (tertiary/aromatic N) is 5. The van der Waals surface area contributed by atoms with Gasteiger partial charge in [0.05, 0.1) is 0 Å². The lowest BCUT2D eigenvalue weighted by Crippen LogP contribution is -2.45. The molecule has 2 aromatic carbocycles. The molecule has 8 nitrogen and oxygen atoms in total. The van der Waals surface area contributed by atoms with Crippen LogP contribution < -0.4 is 10.6 Å². The fourth-order valence-corrected chi connectivity index (χ4v) is 5.48. The minimum atomic E-state index is 0.0780. The van der Waals surface area contributed by atoms with E-state index in [1.54, 1.807) is 0 Å². The number of amides is 2. The molecule has 0 radical (unpaired) electrons. The molecule has 2 amide bonds. The summed E-state index contributed by atoms with van der Waals surface area (Å²) in [6.07, 6.45) is 4.93. The summed E-state index contributed by atoms with van der Waals surface area (Å²) in [5.41, 5.74) is 9.33. The molecule has 0 atom stereocenters. The average molecular weight is 466 g/mol. The van der Waals surface area contributed by atoms with Gasteiger partial charge < -0.3 is 10.6 Å². The van der Waals surface area contributed by atoms with Crippen LogP contribution in [0.2, 0.25) is 5.02 Å². The summed E-state index contributed by atoms with van der Waals surface area (Å²) < 4.78 is 0. The number of hydrogen-bond donors (Lipinski definition) is 2. The van der Waals surface area contributed by atoms with E-state index in [0.717, 1.165) is 54.9 Å². The van der Waals surface area contributed by atoms with E-state index in [1.165, 1.54) is 5.56 Å². The number of nitrogens with one attached hydrogen (secondary N) is 1. The first-order valence-electron chi connectivity index (χ1n) is 11.4. The number of nitrogens with two attached hydrogens (primary N) is 1. The Bertz CT molecular complexity index is 1090. The monoisotopic (exact) mass is 465 g/mol. The van der Waals surface area contributed by atoms with Gasteiger partial charge in [-0.1, -0.05) is 23.7 Å². The summed E-state index contributed by atoms with van der Waals surface area (Å²) in [5.74, 6) is 0.541. The van der Waals surface area contributed by atoms with Crippen LogP contribution in [0.3, 0.4) is 0 Å². The summed E-state index contributed by atoms with van der Waals surface area (Å²) in [5, 5.41) is 14.8. The first-order valence-corrected chi connectivity index (χ1v) is 11.8. The molecule has 2 fully saturated rings. The second kappa shape index (κ2) is 9.11. The number of aromatic nitrogens is 4. The molecule has 1 aliphatic heterocycles. The van der Waals surface area contributed by atoms with Gasteiger partial charge in [0.2, 0.25) is 5.82 Å². The molecule has 2 aliphatic rings. The molecular formula is C24H28ClN7O. The minimum absolute atomic E-state index is 0.0780. The van der Waals surface area contributed by atoms with Gasteiger partial charge in [-0.15, -0.1) is 10.2 Å². The highest BCUT2D eigenvalue weighted by Gasteiger charge is 2.40. The molecule has 1 aromatic heterocycles. The van der Waals surface area contributed by atoms with Gasteiger partial charge in [-0.3, -0.25) is 4.90 Å². The zero-order valence-corrected chi connectivity index (χ0v) is 19.2. The molecule has 3 aromatic rings. The van der Waals surface area contributed by atoms with Crippen molar-refractivity contribution in [3.05, 3.63) is 59.1 Å². The number of H-pyrrole nitrogens is 1. The quantitative estimate of drug-likeness (QED) is 0.574. The van der Waals surface area contributed by atoms with Gasteiger partial charge in [0.1, 0.15) is 0 Å². The molecule has 0 unspecified atom stereocenters. The molecule has 1 saturated heterocycles. The van der Waals surface area contributed by atoms with Crippen molar-refractivity contribution < 1.29 is 4.79 Å². The van der Waals surface area contributed by atoms with Gasteiger partial charge in [0.25, 0.3) is 0 Å². The van der Waals surface area contributed by atoms with Crippen LogP contribution in [0, 0.1) is 5.41 Å². The molecule has 33 heavy (non-hydrogen) atoms. The topological polar surface area (TPSA) is 104 Å².